The van der Waals surface area contributed by atoms with Gasteiger partial charge in [0.05, 0.1) is 17.2 Å². The Morgan fingerprint density at radius 1 is 1.04 bits per heavy atom. The molecule has 0 spiro atoms. The maximum atomic E-state index is 13.9. The lowest BCUT2D eigenvalue weighted by Crippen LogP contribution is -2.08. The highest BCUT2D eigenvalue weighted by Gasteiger charge is 2.11. The lowest BCUT2D eigenvalue weighted by molar-refractivity contribution is 0.0735. The molecule has 0 radical (unpaired) electrons. The number of carbonyl (C=O) groups is 1. The van der Waals surface area contributed by atoms with Gasteiger partial charge in [-0.05, 0) is 60.8 Å². The standard InChI is InChI=1S/C19H14ClFO3/c1-2-23-14-6-3-12(4-7-14)19(22)24-15-8-9-16-13(11-15)5-10-17(20)18(16)21/h3-11H,2H2,1H3. The van der Waals surface area contributed by atoms with Crippen molar-refractivity contribution in [2.24, 2.45) is 0 Å². The second kappa shape index (κ2) is 6.89. The molecular weight excluding hydrogens is 331 g/mol. The summed E-state index contributed by atoms with van der Waals surface area (Å²) in [5, 5.41) is 1.04. The van der Waals surface area contributed by atoms with Crippen molar-refractivity contribution in [1.29, 1.82) is 0 Å². The van der Waals surface area contributed by atoms with E-state index in [1.54, 1.807) is 36.4 Å². The predicted molar refractivity (Wildman–Crippen MR) is 91.5 cm³/mol. The highest BCUT2D eigenvalue weighted by molar-refractivity contribution is 6.31. The summed E-state index contributed by atoms with van der Waals surface area (Å²) in [6.45, 7) is 2.44. The van der Waals surface area contributed by atoms with Gasteiger partial charge in [-0.2, -0.15) is 0 Å². The van der Waals surface area contributed by atoms with E-state index >= 15 is 0 Å². The summed E-state index contributed by atoms with van der Waals surface area (Å²) in [4.78, 5) is 12.2. The Labute approximate surface area is 143 Å². The Kier molecular flexibility index (Phi) is 4.67. The van der Waals surface area contributed by atoms with Gasteiger partial charge in [0, 0.05) is 5.39 Å². The molecule has 24 heavy (non-hydrogen) atoms. The molecule has 0 heterocycles. The van der Waals surface area contributed by atoms with Crippen LogP contribution in [0.4, 0.5) is 4.39 Å². The van der Waals surface area contributed by atoms with Gasteiger partial charge in [-0.25, -0.2) is 9.18 Å². The Hall–Kier alpha value is -2.59. The molecular formula is C19H14ClFO3. The summed E-state index contributed by atoms with van der Waals surface area (Å²) in [6.07, 6.45) is 0. The molecule has 0 aliphatic carbocycles. The molecule has 0 amide bonds. The van der Waals surface area contributed by atoms with E-state index in [1.165, 1.54) is 18.2 Å². The molecule has 5 heteroatoms. The van der Waals surface area contributed by atoms with Crippen LogP contribution in [0.3, 0.4) is 0 Å². The molecule has 0 aromatic heterocycles. The van der Waals surface area contributed by atoms with Gasteiger partial charge in [0.2, 0.25) is 0 Å². The average molecular weight is 345 g/mol. The molecule has 3 aromatic rings. The molecule has 0 atom stereocenters. The van der Waals surface area contributed by atoms with Gasteiger partial charge < -0.3 is 9.47 Å². The van der Waals surface area contributed by atoms with E-state index < -0.39 is 11.8 Å². The molecule has 0 saturated heterocycles. The number of hydrogen-bond acceptors (Lipinski definition) is 3. The summed E-state index contributed by atoms with van der Waals surface area (Å²) in [6, 6.07) is 14.5. The SMILES string of the molecule is CCOc1ccc(C(=O)Oc2ccc3c(F)c(Cl)ccc3c2)cc1. The van der Waals surface area contributed by atoms with E-state index in [9.17, 15) is 9.18 Å². The lowest BCUT2D eigenvalue weighted by atomic mass is 10.1. The fourth-order valence-electron chi connectivity index (χ4n) is 2.33. The van der Waals surface area contributed by atoms with Crippen LogP contribution >= 0.6 is 11.6 Å². The molecule has 3 aromatic carbocycles. The number of halogens is 2. The van der Waals surface area contributed by atoms with Crippen molar-refractivity contribution >= 4 is 28.3 Å². The van der Waals surface area contributed by atoms with Crippen molar-refractivity contribution in [3.8, 4) is 11.5 Å². The third-order valence-corrected chi connectivity index (χ3v) is 3.78. The summed E-state index contributed by atoms with van der Waals surface area (Å²) >= 11 is 5.76. The van der Waals surface area contributed by atoms with Crippen LogP contribution in [0, 0.1) is 5.82 Å². The third-order valence-electron chi connectivity index (χ3n) is 3.49. The Bertz CT molecular complexity index is 891. The minimum Gasteiger partial charge on any atom is -0.494 e. The van der Waals surface area contributed by atoms with Gasteiger partial charge in [0.25, 0.3) is 0 Å². The zero-order valence-electron chi connectivity index (χ0n) is 12.9. The summed E-state index contributed by atoms with van der Waals surface area (Å²) in [5.74, 6) is 0.0422. The first kappa shape index (κ1) is 16.3. The molecule has 0 aliphatic heterocycles. The molecule has 0 N–H and O–H groups in total. The van der Waals surface area contributed by atoms with Crippen LogP contribution in [0.2, 0.25) is 5.02 Å². The van der Waals surface area contributed by atoms with Crippen molar-refractivity contribution < 1.29 is 18.7 Å². The Morgan fingerprint density at radius 2 is 1.75 bits per heavy atom. The highest BCUT2D eigenvalue weighted by atomic mass is 35.5. The Morgan fingerprint density at radius 3 is 2.46 bits per heavy atom. The third kappa shape index (κ3) is 3.34. The topological polar surface area (TPSA) is 35.5 Å². The van der Waals surface area contributed by atoms with Crippen molar-refractivity contribution in [2.45, 2.75) is 6.92 Å². The second-order valence-electron chi connectivity index (χ2n) is 5.09. The molecule has 0 saturated carbocycles. The maximum Gasteiger partial charge on any atom is 0.343 e. The van der Waals surface area contributed by atoms with Gasteiger partial charge >= 0.3 is 5.97 Å². The minimum atomic E-state index is -0.494. The molecule has 0 unspecified atom stereocenters. The number of fused-ring (bicyclic) bond motifs is 1. The number of hydrogen-bond donors (Lipinski definition) is 0. The van der Waals surface area contributed by atoms with E-state index in [1.807, 2.05) is 6.92 Å². The largest absolute Gasteiger partial charge is 0.494 e. The van der Waals surface area contributed by atoms with E-state index in [2.05, 4.69) is 0 Å². The lowest BCUT2D eigenvalue weighted by Gasteiger charge is -2.08. The summed E-state index contributed by atoms with van der Waals surface area (Å²) < 4.78 is 24.6. The van der Waals surface area contributed by atoms with Gasteiger partial charge in [0.15, 0.2) is 0 Å². The van der Waals surface area contributed by atoms with Gasteiger partial charge in [-0.15, -0.1) is 0 Å². The van der Waals surface area contributed by atoms with Crippen molar-refractivity contribution in [2.75, 3.05) is 6.61 Å². The van der Waals surface area contributed by atoms with Crippen LogP contribution in [0.1, 0.15) is 17.3 Å². The first-order valence-electron chi connectivity index (χ1n) is 7.41. The first-order valence-corrected chi connectivity index (χ1v) is 7.79. The molecule has 3 rings (SSSR count). The molecule has 0 bridgehead atoms. The molecule has 0 aliphatic rings. The number of rotatable bonds is 4. The maximum absolute atomic E-state index is 13.9. The van der Waals surface area contributed by atoms with E-state index in [-0.39, 0.29) is 5.02 Å². The molecule has 3 nitrogen and oxygen atoms in total. The van der Waals surface area contributed by atoms with Gasteiger partial charge in [-0.1, -0.05) is 17.7 Å². The van der Waals surface area contributed by atoms with Crippen LogP contribution in [-0.4, -0.2) is 12.6 Å². The zero-order chi connectivity index (χ0) is 17.1. The smallest absolute Gasteiger partial charge is 0.343 e. The predicted octanol–water partition coefficient (Wildman–Crippen LogP) is 5.25. The van der Waals surface area contributed by atoms with Gasteiger partial charge in [0.1, 0.15) is 17.3 Å². The van der Waals surface area contributed by atoms with E-state index in [0.717, 1.165) is 0 Å². The van der Waals surface area contributed by atoms with Crippen molar-refractivity contribution in [3.63, 3.8) is 0 Å². The van der Waals surface area contributed by atoms with Crippen LogP contribution in [-0.2, 0) is 0 Å². The molecule has 122 valence electrons. The summed E-state index contributed by atoms with van der Waals surface area (Å²) in [7, 11) is 0. The van der Waals surface area contributed by atoms with Crippen LogP contribution in [0.15, 0.2) is 54.6 Å². The number of carbonyl (C=O) groups excluding carboxylic acids is 1. The van der Waals surface area contributed by atoms with E-state index in [4.69, 9.17) is 21.1 Å². The van der Waals surface area contributed by atoms with Gasteiger partial charge in [-0.3, -0.25) is 0 Å². The highest BCUT2D eigenvalue weighted by Crippen LogP contribution is 2.28. The second-order valence-corrected chi connectivity index (χ2v) is 5.50. The average Bonchev–Trinajstić information content (AvgIpc) is 2.59. The molecule has 0 fully saturated rings. The number of benzene rings is 3. The van der Waals surface area contributed by atoms with E-state index in [0.29, 0.717) is 34.4 Å². The van der Waals surface area contributed by atoms with Crippen molar-refractivity contribution in [1.82, 2.24) is 0 Å². The van der Waals surface area contributed by atoms with Crippen LogP contribution in [0.25, 0.3) is 10.8 Å². The first-order chi connectivity index (χ1) is 11.6. The fraction of sp³-hybridized carbons (Fsp3) is 0.105. The van der Waals surface area contributed by atoms with Crippen LogP contribution < -0.4 is 9.47 Å². The minimum absolute atomic E-state index is 0.0571. The van der Waals surface area contributed by atoms with Crippen molar-refractivity contribution in [3.05, 3.63) is 71.0 Å². The quantitative estimate of drug-likeness (QED) is 0.479. The summed E-state index contributed by atoms with van der Waals surface area (Å²) in [5.41, 5.74) is 0.404. The van der Waals surface area contributed by atoms with Crippen LogP contribution in [0.5, 0.6) is 11.5 Å². The number of ether oxygens (including phenoxy) is 2. The normalized spacial score (nSPS) is 10.6. The fourth-order valence-corrected chi connectivity index (χ4v) is 2.49. The zero-order valence-corrected chi connectivity index (χ0v) is 13.6. The monoisotopic (exact) mass is 344 g/mol. The Balaban J connectivity index is 1.81. The number of esters is 1.